The molecular formula is C15H15FO2. The van der Waals surface area contributed by atoms with Crippen LogP contribution in [0.1, 0.15) is 25.8 Å². The summed E-state index contributed by atoms with van der Waals surface area (Å²) in [7, 11) is 0. The van der Waals surface area contributed by atoms with E-state index in [1.807, 2.05) is 6.07 Å². The first kappa shape index (κ1) is 14.0. The Balaban J connectivity index is 3.07. The zero-order valence-corrected chi connectivity index (χ0v) is 10.5. The molecule has 0 saturated heterocycles. The Labute approximate surface area is 106 Å². The Kier molecular flexibility index (Phi) is 5.66. The lowest BCUT2D eigenvalue weighted by Gasteiger charge is -2.01. The highest BCUT2D eigenvalue weighted by Crippen LogP contribution is 2.20. The normalized spacial score (nSPS) is 11.1. The van der Waals surface area contributed by atoms with Crippen molar-refractivity contribution < 1.29 is 13.9 Å². The van der Waals surface area contributed by atoms with Crippen molar-refractivity contribution in [3.05, 3.63) is 41.7 Å². The highest BCUT2D eigenvalue weighted by molar-refractivity contribution is 5.93. The first-order valence-corrected chi connectivity index (χ1v) is 5.81. The van der Waals surface area contributed by atoms with Crippen molar-refractivity contribution >= 4 is 11.5 Å². The minimum Gasteiger partial charge on any atom is -0.456 e. The molecular weight excluding hydrogens is 231 g/mol. The number of esters is 1. The van der Waals surface area contributed by atoms with Gasteiger partial charge in [-0.3, -0.25) is 0 Å². The maximum Gasteiger partial charge on any atom is 0.384 e. The number of benzene rings is 1. The van der Waals surface area contributed by atoms with Crippen molar-refractivity contribution in [2.24, 2.45) is 0 Å². The molecule has 0 heterocycles. The van der Waals surface area contributed by atoms with Crippen LogP contribution in [0.15, 0.2) is 36.2 Å². The topological polar surface area (TPSA) is 26.3 Å². The summed E-state index contributed by atoms with van der Waals surface area (Å²) in [6.45, 7) is 3.65. The molecule has 0 aliphatic carbocycles. The molecule has 0 unspecified atom stereocenters. The molecule has 0 bridgehead atoms. The zero-order valence-electron chi connectivity index (χ0n) is 10.5. The number of ether oxygens (including phenoxy) is 1. The monoisotopic (exact) mass is 246 g/mol. The van der Waals surface area contributed by atoms with Crippen molar-refractivity contribution in [2.75, 3.05) is 6.61 Å². The van der Waals surface area contributed by atoms with Crippen LogP contribution >= 0.6 is 0 Å². The second-order valence-electron chi connectivity index (χ2n) is 3.47. The van der Waals surface area contributed by atoms with Gasteiger partial charge in [0.25, 0.3) is 0 Å². The highest BCUT2D eigenvalue weighted by Gasteiger charge is 2.05. The van der Waals surface area contributed by atoms with Gasteiger partial charge in [0.05, 0.1) is 12.2 Å². The summed E-state index contributed by atoms with van der Waals surface area (Å²) in [4.78, 5) is 11.1. The van der Waals surface area contributed by atoms with E-state index in [-0.39, 0.29) is 24.4 Å². The molecule has 0 aromatic heterocycles. The molecule has 0 N–H and O–H groups in total. The van der Waals surface area contributed by atoms with Gasteiger partial charge in [0, 0.05) is 5.92 Å². The number of rotatable bonds is 3. The molecule has 0 fully saturated rings. The SMILES string of the molecule is CCOC(=O)C#CC(=C(F)CC)c1ccccc1. The fourth-order valence-corrected chi connectivity index (χ4v) is 1.36. The number of hydrogen-bond donors (Lipinski definition) is 0. The van der Waals surface area contributed by atoms with Crippen molar-refractivity contribution in [2.45, 2.75) is 20.3 Å². The third-order valence-electron chi connectivity index (χ3n) is 2.21. The fraction of sp³-hybridized carbons (Fsp3) is 0.267. The number of carbonyl (C=O) groups excluding carboxylic acids is 1. The molecule has 0 radical (unpaired) electrons. The van der Waals surface area contributed by atoms with Gasteiger partial charge in [-0.05, 0) is 18.9 Å². The maximum atomic E-state index is 13.7. The fourth-order valence-electron chi connectivity index (χ4n) is 1.36. The van der Waals surface area contributed by atoms with Crippen LogP contribution in [0.25, 0.3) is 5.57 Å². The summed E-state index contributed by atoms with van der Waals surface area (Å²) >= 11 is 0. The highest BCUT2D eigenvalue weighted by atomic mass is 19.1. The van der Waals surface area contributed by atoms with Crippen LogP contribution in [0.4, 0.5) is 4.39 Å². The van der Waals surface area contributed by atoms with Crippen LogP contribution in [0, 0.1) is 11.8 Å². The van der Waals surface area contributed by atoms with Crippen LogP contribution in [-0.4, -0.2) is 12.6 Å². The van der Waals surface area contributed by atoms with Gasteiger partial charge in [-0.25, -0.2) is 9.18 Å². The molecule has 18 heavy (non-hydrogen) atoms. The van der Waals surface area contributed by atoms with Crippen LogP contribution in [0.3, 0.4) is 0 Å². The summed E-state index contributed by atoms with van der Waals surface area (Å²) in [5.41, 5.74) is 0.903. The largest absolute Gasteiger partial charge is 0.456 e. The van der Waals surface area contributed by atoms with Crippen LogP contribution < -0.4 is 0 Å². The Bertz CT molecular complexity index is 492. The average molecular weight is 246 g/mol. The molecule has 2 nitrogen and oxygen atoms in total. The molecule has 94 valence electrons. The van der Waals surface area contributed by atoms with Crippen molar-refractivity contribution in [1.82, 2.24) is 0 Å². The van der Waals surface area contributed by atoms with E-state index in [0.29, 0.717) is 5.56 Å². The Morgan fingerprint density at radius 1 is 1.22 bits per heavy atom. The lowest BCUT2D eigenvalue weighted by molar-refractivity contribution is -0.136. The van der Waals surface area contributed by atoms with Gasteiger partial charge >= 0.3 is 5.97 Å². The Morgan fingerprint density at radius 3 is 2.44 bits per heavy atom. The van der Waals surface area contributed by atoms with E-state index in [1.54, 1.807) is 38.1 Å². The molecule has 3 heteroatoms. The maximum absolute atomic E-state index is 13.7. The molecule has 1 aromatic rings. The van der Waals surface area contributed by atoms with Gasteiger partial charge in [-0.2, -0.15) is 0 Å². The second kappa shape index (κ2) is 7.29. The summed E-state index contributed by atoms with van der Waals surface area (Å²) in [6.07, 6.45) is 0.238. The molecule has 0 spiro atoms. The van der Waals surface area contributed by atoms with E-state index in [0.717, 1.165) is 0 Å². The molecule has 0 saturated carbocycles. The predicted octanol–water partition coefficient (Wildman–Crippen LogP) is 3.34. The number of carbonyl (C=O) groups is 1. The van der Waals surface area contributed by atoms with Gasteiger partial charge in [-0.1, -0.05) is 43.2 Å². The van der Waals surface area contributed by atoms with E-state index in [2.05, 4.69) is 16.6 Å². The third kappa shape index (κ3) is 4.06. The van der Waals surface area contributed by atoms with E-state index in [4.69, 9.17) is 0 Å². The second-order valence-corrected chi connectivity index (χ2v) is 3.47. The molecule has 0 aliphatic rings. The molecule has 0 amide bonds. The zero-order chi connectivity index (χ0) is 13.4. The summed E-state index contributed by atoms with van der Waals surface area (Å²) < 4.78 is 18.4. The van der Waals surface area contributed by atoms with Gasteiger partial charge in [0.2, 0.25) is 0 Å². The number of allylic oxidation sites excluding steroid dienone is 2. The Morgan fingerprint density at radius 2 is 1.89 bits per heavy atom. The van der Waals surface area contributed by atoms with E-state index in [1.165, 1.54) is 0 Å². The minimum absolute atomic E-state index is 0.238. The van der Waals surface area contributed by atoms with Crippen LogP contribution in [-0.2, 0) is 9.53 Å². The molecule has 1 aromatic carbocycles. The molecule has 1 rings (SSSR count). The van der Waals surface area contributed by atoms with Crippen LogP contribution in [0.5, 0.6) is 0 Å². The standard InChI is InChI=1S/C15H15FO2/c1-3-14(16)13(10-11-15(17)18-4-2)12-8-6-5-7-9-12/h5-9H,3-4H2,1-2H3. The van der Waals surface area contributed by atoms with Gasteiger partial charge in [0.15, 0.2) is 0 Å². The van der Waals surface area contributed by atoms with E-state index >= 15 is 0 Å². The van der Waals surface area contributed by atoms with Crippen molar-refractivity contribution in [1.29, 1.82) is 0 Å². The quantitative estimate of drug-likeness (QED) is 0.464. The molecule has 0 atom stereocenters. The summed E-state index contributed by atoms with van der Waals surface area (Å²) in [5.74, 6) is 3.86. The van der Waals surface area contributed by atoms with E-state index < -0.39 is 5.97 Å². The number of halogens is 1. The van der Waals surface area contributed by atoms with Crippen molar-refractivity contribution in [3.8, 4) is 11.8 Å². The van der Waals surface area contributed by atoms with Crippen molar-refractivity contribution in [3.63, 3.8) is 0 Å². The van der Waals surface area contributed by atoms with E-state index in [9.17, 15) is 9.18 Å². The van der Waals surface area contributed by atoms with Crippen LogP contribution in [0.2, 0.25) is 0 Å². The smallest absolute Gasteiger partial charge is 0.384 e. The van der Waals surface area contributed by atoms with Gasteiger partial charge in [0.1, 0.15) is 5.83 Å². The summed E-state index contributed by atoms with van der Waals surface area (Å²) in [6, 6.07) is 8.94. The van der Waals surface area contributed by atoms with Gasteiger partial charge < -0.3 is 4.74 Å². The lowest BCUT2D eigenvalue weighted by atomic mass is 10.0. The minimum atomic E-state index is -0.644. The first-order chi connectivity index (χ1) is 8.69. The van der Waals surface area contributed by atoms with Gasteiger partial charge in [-0.15, -0.1) is 0 Å². The lowest BCUT2D eigenvalue weighted by Crippen LogP contribution is -1.99. The number of hydrogen-bond acceptors (Lipinski definition) is 2. The summed E-state index contributed by atoms with van der Waals surface area (Å²) in [5, 5.41) is 0. The average Bonchev–Trinajstić information content (AvgIpc) is 2.40. The molecule has 0 aliphatic heterocycles. The third-order valence-corrected chi connectivity index (χ3v) is 2.21. The Hall–Kier alpha value is -2.08. The first-order valence-electron chi connectivity index (χ1n) is 5.81. The predicted molar refractivity (Wildman–Crippen MR) is 69.2 cm³/mol.